The highest BCUT2D eigenvalue weighted by atomic mass is 16.5. The van der Waals surface area contributed by atoms with E-state index in [-0.39, 0.29) is 24.9 Å². The van der Waals surface area contributed by atoms with E-state index >= 15 is 0 Å². The maximum Gasteiger partial charge on any atom is 0.306 e. The van der Waals surface area contributed by atoms with E-state index in [1.165, 1.54) is 218 Å². The molecule has 0 aliphatic rings. The lowest BCUT2D eigenvalue weighted by Gasteiger charge is -2.24. The number of nitrogens with one attached hydrogen (secondary N) is 1. The molecule has 6 heteroatoms. The molecule has 0 radical (unpaired) electrons. The van der Waals surface area contributed by atoms with Gasteiger partial charge in [-0.05, 0) is 51.4 Å². The molecule has 0 saturated heterocycles. The molecule has 380 valence electrons. The Labute approximate surface area is 399 Å². The Morgan fingerprint density at radius 1 is 0.438 bits per heavy atom. The molecule has 0 spiro atoms. The third-order valence-electron chi connectivity index (χ3n) is 13.6. The summed E-state index contributed by atoms with van der Waals surface area (Å²) >= 11 is 0. The van der Waals surface area contributed by atoms with Gasteiger partial charge >= 0.3 is 5.97 Å². The number of carbonyl (C=O) groups is 2. The molecular formula is C58H113NO5. The molecule has 0 fully saturated rings. The van der Waals surface area contributed by atoms with Gasteiger partial charge in [-0.15, -0.1) is 0 Å². The second-order valence-electron chi connectivity index (χ2n) is 20.1. The second kappa shape index (κ2) is 52.6. The first-order valence-electron chi connectivity index (χ1n) is 28.9. The largest absolute Gasteiger partial charge is 0.462 e. The van der Waals surface area contributed by atoms with Crippen LogP contribution in [0.5, 0.6) is 0 Å². The molecule has 0 heterocycles. The lowest BCUT2D eigenvalue weighted by Crippen LogP contribution is -2.46. The van der Waals surface area contributed by atoms with Crippen molar-refractivity contribution in [3.05, 3.63) is 12.2 Å². The third-order valence-corrected chi connectivity index (χ3v) is 13.6. The average Bonchev–Trinajstić information content (AvgIpc) is 3.29. The number of amides is 1. The zero-order valence-corrected chi connectivity index (χ0v) is 43.4. The van der Waals surface area contributed by atoms with Crippen molar-refractivity contribution in [2.24, 2.45) is 0 Å². The first kappa shape index (κ1) is 62.6. The first-order chi connectivity index (χ1) is 31.5. The monoisotopic (exact) mass is 904 g/mol. The van der Waals surface area contributed by atoms with Crippen molar-refractivity contribution >= 4 is 11.9 Å². The van der Waals surface area contributed by atoms with Crippen LogP contribution >= 0.6 is 0 Å². The van der Waals surface area contributed by atoms with Crippen molar-refractivity contribution in [2.45, 2.75) is 341 Å². The number of allylic oxidation sites excluding steroid dienone is 2. The maximum absolute atomic E-state index is 13.3. The standard InChI is InChI=1S/C58H113NO5/c1-4-7-10-13-16-19-22-25-28-30-33-36-39-42-45-48-51-58(63)64-54(49-46-43-40-37-34-31-27-24-21-18-15-12-9-6-3)52-57(62)59-55(53-60)56(61)50-47-44-41-38-35-32-29-26-23-20-17-14-11-8-5-2/h31,34,54-56,60-61H,4-30,32-33,35-53H2,1-3H3,(H,59,62)/b34-31+. The van der Waals surface area contributed by atoms with Gasteiger partial charge in [0.05, 0.1) is 25.2 Å². The molecule has 0 aromatic carbocycles. The minimum Gasteiger partial charge on any atom is -0.462 e. The van der Waals surface area contributed by atoms with Gasteiger partial charge in [-0.25, -0.2) is 0 Å². The molecule has 3 atom stereocenters. The highest BCUT2D eigenvalue weighted by molar-refractivity contribution is 5.77. The topological polar surface area (TPSA) is 95.9 Å². The average molecular weight is 905 g/mol. The summed E-state index contributed by atoms with van der Waals surface area (Å²) in [5, 5.41) is 23.9. The Balaban J connectivity index is 4.51. The lowest BCUT2D eigenvalue weighted by atomic mass is 10.0. The summed E-state index contributed by atoms with van der Waals surface area (Å²) < 4.78 is 5.96. The van der Waals surface area contributed by atoms with Gasteiger partial charge in [-0.1, -0.05) is 270 Å². The SMILES string of the molecule is CCCCCCCCC/C=C/CCCCCC(CC(=O)NC(CO)C(O)CCCCCCCCCCCCCCCCC)OC(=O)CCCCCCCCCCCCCCCCCC. The molecule has 3 N–H and O–H groups in total. The Bertz CT molecular complexity index is 970. The van der Waals surface area contributed by atoms with Gasteiger partial charge in [0.1, 0.15) is 6.10 Å². The number of aliphatic hydroxyl groups excluding tert-OH is 2. The van der Waals surface area contributed by atoms with Crippen LogP contribution in [0.15, 0.2) is 12.2 Å². The molecule has 0 aliphatic heterocycles. The predicted octanol–water partition coefficient (Wildman–Crippen LogP) is 17.7. The van der Waals surface area contributed by atoms with E-state index in [4.69, 9.17) is 4.74 Å². The van der Waals surface area contributed by atoms with Gasteiger partial charge in [-0.3, -0.25) is 9.59 Å². The highest BCUT2D eigenvalue weighted by Crippen LogP contribution is 2.19. The fraction of sp³-hybridized carbons (Fsp3) is 0.931. The number of hydrogen-bond acceptors (Lipinski definition) is 5. The van der Waals surface area contributed by atoms with E-state index in [2.05, 4.69) is 38.2 Å². The Morgan fingerprint density at radius 3 is 1.12 bits per heavy atom. The quantitative estimate of drug-likeness (QED) is 0.0321. The van der Waals surface area contributed by atoms with E-state index in [0.717, 1.165) is 57.8 Å². The second-order valence-corrected chi connectivity index (χ2v) is 20.1. The number of esters is 1. The molecule has 1 amide bonds. The van der Waals surface area contributed by atoms with E-state index in [1.54, 1.807) is 0 Å². The van der Waals surface area contributed by atoms with Crippen molar-refractivity contribution in [3.8, 4) is 0 Å². The summed E-state index contributed by atoms with van der Waals surface area (Å²) in [5.41, 5.74) is 0. The van der Waals surface area contributed by atoms with Crippen LogP contribution in [0.1, 0.15) is 323 Å². The lowest BCUT2D eigenvalue weighted by molar-refractivity contribution is -0.151. The van der Waals surface area contributed by atoms with Crippen molar-refractivity contribution in [3.63, 3.8) is 0 Å². The molecule has 0 aromatic rings. The van der Waals surface area contributed by atoms with Crippen LogP contribution in [0.25, 0.3) is 0 Å². The molecule has 64 heavy (non-hydrogen) atoms. The van der Waals surface area contributed by atoms with E-state index in [9.17, 15) is 19.8 Å². The number of ether oxygens (including phenoxy) is 1. The van der Waals surface area contributed by atoms with Gasteiger partial charge in [0.2, 0.25) is 5.91 Å². The highest BCUT2D eigenvalue weighted by Gasteiger charge is 2.24. The van der Waals surface area contributed by atoms with E-state index < -0.39 is 18.2 Å². The van der Waals surface area contributed by atoms with Crippen molar-refractivity contribution in [1.82, 2.24) is 5.32 Å². The minimum absolute atomic E-state index is 0.0746. The fourth-order valence-corrected chi connectivity index (χ4v) is 9.19. The normalized spacial score (nSPS) is 13.1. The van der Waals surface area contributed by atoms with Crippen LogP contribution in [0.4, 0.5) is 0 Å². The summed E-state index contributed by atoms with van der Waals surface area (Å²) in [6, 6.07) is -0.701. The Kier molecular flexibility index (Phi) is 51.4. The predicted molar refractivity (Wildman–Crippen MR) is 278 cm³/mol. The van der Waals surface area contributed by atoms with Crippen molar-refractivity contribution in [1.29, 1.82) is 0 Å². The van der Waals surface area contributed by atoms with Crippen molar-refractivity contribution in [2.75, 3.05) is 6.61 Å². The minimum atomic E-state index is -0.786. The Hall–Kier alpha value is -1.40. The van der Waals surface area contributed by atoms with Crippen LogP contribution in [0, 0.1) is 0 Å². The number of rotatable bonds is 53. The van der Waals surface area contributed by atoms with Crippen molar-refractivity contribution < 1.29 is 24.5 Å². The fourth-order valence-electron chi connectivity index (χ4n) is 9.19. The number of aliphatic hydroxyl groups is 2. The summed E-state index contributed by atoms with van der Waals surface area (Å²) in [5.74, 6) is -0.466. The smallest absolute Gasteiger partial charge is 0.306 e. The molecule has 0 aromatic heterocycles. The molecular weight excluding hydrogens is 791 g/mol. The Morgan fingerprint density at radius 2 is 0.750 bits per heavy atom. The molecule has 3 unspecified atom stereocenters. The number of hydrogen-bond donors (Lipinski definition) is 3. The summed E-state index contributed by atoms with van der Waals surface area (Å²) in [6.45, 7) is 6.52. The zero-order valence-electron chi connectivity index (χ0n) is 43.4. The van der Waals surface area contributed by atoms with Gasteiger partial charge in [0.25, 0.3) is 0 Å². The molecule has 0 rings (SSSR count). The van der Waals surface area contributed by atoms with Crippen LogP contribution in [0.2, 0.25) is 0 Å². The zero-order chi connectivity index (χ0) is 46.7. The van der Waals surface area contributed by atoms with Crippen LogP contribution < -0.4 is 5.32 Å². The van der Waals surface area contributed by atoms with E-state index in [1.807, 2.05) is 0 Å². The van der Waals surface area contributed by atoms with Gasteiger partial charge in [0.15, 0.2) is 0 Å². The molecule has 6 nitrogen and oxygen atoms in total. The van der Waals surface area contributed by atoms with E-state index in [0.29, 0.717) is 19.3 Å². The van der Waals surface area contributed by atoms with Crippen LogP contribution in [-0.2, 0) is 14.3 Å². The third kappa shape index (κ3) is 47.1. The summed E-state index contributed by atoms with van der Waals surface area (Å²) in [7, 11) is 0. The molecule has 0 bridgehead atoms. The van der Waals surface area contributed by atoms with Crippen LogP contribution in [-0.4, -0.2) is 46.9 Å². The van der Waals surface area contributed by atoms with Gasteiger partial charge in [-0.2, -0.15) is 0 Å². The van der Waals surface area contributed by atoms with Crippen LogP contribution in [0.3, 0.4) is 0 Å². The maximum atomic E-state index is 13.3. The van der Waals surface area contributed by atoms with Gasteiger partial charge < -0.3 is 20.3 Å². The molecule has 0 aliphatic carbocycles. The number of carbonyl (C=O) groups excluding carboxylic acids is 2. The van der Waals surface area contributed by atoms with Gasteiger partial charge in [0, 0.05) is 6.42 Å². The molecule has 0 saturated carbocycles. The number of unbranched alkanes of at least 4 members (excludes halogenated alkanes) is 39. The first-order valence-corrected chi connectivity index (χ1v) is 28.9. The summed E-state index contributed by atoms with van der Waals surface area (Å²) in [4.78, 5) is 26.2. The summed E-state index contributed by atoms with van der Waals surface area (Å²) in [6.07, 6.45) is 59.9.